The van der Waals surface area contributed by atoms with E-state index in [4.69, 9.17) is 0 Å². The minimum Gasteiger partial charge on any atom is -0.366 e. The molecule has 0 atom stereocenters. The second-order valence-corrected chi connectivity index (χ2v) is 1.33. The fourth-order valence-electron chi connectivity index (χ4n) is 0. The molecule has 0 aromatic rings. The number of primary amides is 1. The van der Waals surface area contributed by atoms with Gasteiger partial charge in [0, 0.05) is 0 Å². The first-order valence-electron chi connectivity index (χ1n) is 3.05. The molecule has 0 saturated heterocycles. The molecule has 0 aliphatic carbocycles. The minimum absolute atomic E-state index is 0.481. The van der Waals surface area contributed by atoms with Crippen molar-refractivity contribution in [2.45, 2.75) is 0 Å². The molecule has 66 valence electrons. The lowest BCUT2D eigenvalue weighted by molar-refractivity contribution is -0.113. The molecule has 0 saturated carbocycles. The summed E-state index contributed by atoms with van der Waals surface area (Å²) in [5.41, 5.74) is 6.78. The number of carbonyl (C=O) groups excluding carboxylic acids is 1. The predicted octanol–water partition coefficient (Wildman–Crippen LogP) is 1.97. The van der Waals surface area contributed by atoms with Crippen molar-refractivity contribution in [3.63, 3.8) is 0 Å². The van der Waals surface area contributed by atoms with Gasteiger partial charge < -0.3 is 5.73 Å². The summed E-state index contributed by atoms with van der Waals surface area (Å²) in [6, 6.07) is 0. The van der Waals surface area contributed by atoms with E-state index in [-0.39, 0.29) is 0 Å². The predicted molar refractivity (Wildman–Crippen MR) is 54.6 cm³/mol. The minimum atomic E-state index is -0.481. The zero-order valence-electron chi connectivity index (χ0n) is 7.25. The molecule has 1 amide bonds. The third-order valence-corrected chi connectivity index (χ3v) is 0.368. The topological polar surface area (TPSA) is 43.1 Å². The molecule has 2 nitrogen and oxygen atoms in total. The Kier molecular flexibility index (Phi) is 31.8. The van der Waals surface area contributed by atoms with E-state index in [1.54, 1.807) is 12.2 Å². The van der Waals surface area contributed by atoms with Crippen LogP contribution in [0.25, 0.3) is 0 Å². The highest BCUT2D eigenvalue weighted by atomic mass is 16.1. The zero-order chi connectivity index (χ0) is 10.4. The molecule has 0 bridgehead atoms. The van der Waals surface area contributed by atoms with Crippen LogP contribution in [0.5, 0.6) is 0 Å². The standard InChI is InChI=1S/C4H6.C3H5NO.C3H4/c1-3-4-2;1-2-3(4)5;1-3-2/h3-4H,1-2H2;2H,1H2,(H2,4,5);1-2H2. The van der Waals surface area contributed by atoms with Gasteiger partial charge in [-0.25, -0.2) is 0 Å². The average Bonchev–Trinajstić information content (AvgIpc) is 2.06. The summed E-state index contributed by atoms with van der Waals surface area (Å²) in [6.45, 7) is 16.1. The normalized spacial score (nSPS) is 5.00. The van der Waals surface area contributed by atoms with Crippen LogP contribution in [0.2, 0.25) is 0 Å². The summed E-state index contributed by atoms with van der Waals surface area (Å²) in [7, 11) is 0. The van der Waals surface area contributed by atoms with Gasteiger partial charge in [0.2, 0.25) is 5.91 Å². The first-order chi connectivity index (χ1) is 5.60. The van der Waals surface area contributed by atoms with Gasteiger partial charge in [-0.05, 0) is 6.08 Å². The van der Waals surface area contributed by atoms with Crippen molar-refractivity contribution in [2.24, 2.45) is 5.73 Å². The van der Waals surface area contributed by atoms with Crippen molar-refractivity contribution in [2.75, 3.05) is 0 Å². The van der Waals surface area contributed by atoms with Crippen LogP contribution in [0.4, 0.5) is 0 Å². The van der Waals surface area contributed by atoms with Gasteiger partial charge in [-0.3, -0.25) is 4.79 Å². The van der Waals surface area contributed by atoms with Gasteiger partial charge in [0.1, 0.15) is 0 Å². The van der Waals surface area contributed by atoms with Gasteiger partial charge in [-0.2, -0.15) is 0 Å². The fourth-order valence-corrected chi connectivity index (χ4v) is 0. The average molecular weight is 165 g/mol. The van der Waals surface area contributed by atoms with Crippen LogP contribution < -0.4 is 5.73 Å². The van der Waals surface area contributed by atoms with Crippen molar-refractivity contribution >= 4 is 5.91 Å². The molecule has 2 N–H and O–H groups in total. The Morgan fingerprint density at radius 3 is 1.33 bits per heavy atom. The number of amides is 1. The van der Waals surface area contributed by atoms with Crippen LogP contribution >= 0.6 is 0 Å². The van der Waals surface area contributed by atoms with Crippen LogP contribution in [0.1, 0.15) is 0 Å². The molecule has 0 rings (SSSR count). The van der Waals surface area contributed by atoms with Gasteiger partial charge in [-0.15, -0.1) is 5.73 Å². The SMILES string of the molecule is C=C=C.C=CC(N)=O.C=CC=C. The number of hydrogen-bond acceptors (Lipinski definition) is 1. The van der Waals surface area contributed by atoms with Gasteiger partial charge in [0.25, 0.3) is 0 Å². The molecule has 12 heavy (non-hydrogen) atoms. The molecule has 0 aromatic heterocycles. The second-order valence-electron chi connectivity index (χ2n) is 1.33. The summed E-state index contributed by atoms with van der Waals surface area (Å²) in [5.74, 6) is -0.481. The lowest BCUT2D eigenvalue weighted by Gasteiger charge is -1.65. The number of allylic oxidation sites excluding steroid dienone is 2. The first kappa shape index (κ1) is 16.7. The number of carbonyl (C=O) groups is 1. The van der Waals surface area contributed by atoms with Crippen LogP contribution in [0, 0.1) is 0 Å². The van der Waals surface area contributed by atoms with Crippen LogP contribution in [-0.4, -0.2) is 5.91 Å². The second kappa shape index (κ2) is 22.9. The van der Waals surface area contributed by atoms with Gasteiger partial charge in [0.05, 0.1) is 0 Å². The van der Waals surface area contributed by atoms with Crippen molar-refractivity contribution < 1.29 is 4.79 Å². The third-order valence-electron chi connectivity index (χ3n) is 0.368. The Morgan fingerprint density at radius 2 is 1.33 bits per heavy atom. The highest BCUT2D eigenvalue weighted by Crippen LogP contribution is 1.52. The van der Waals surface area contributed by atoms with Gasteiger partial charge in [-0.1, -0.05) is 45.0 Å². The van der Waals surface area contributed by atoms with E-state index in [1.165, 1.54) is 0 Å². The maximum atomic E-state index is 9.47. The fraction of sp³-hybridized carbons (Fsp3) is 0. The lowest BCUT2D eigenvalue weighted by atomic mass is 10.6. The molecule has 0 spiro atoms. The van der Waals surface area contributed by atoms with E-state index in [1.807, 2.05) is 0 Å². The monoisotopic (exact) mass is 165 g/mol. The van der Waals surface area contributed by atoms with Crippen molar-refractivity contribution in [3.05, 3.63) is 56.9 Å². The zero-order valence-corrected chi connectivity index (χ0v) is 7.25. The number of hydrogen-bond donors (Lipinski definition) is 1. The Hall–Kier alpha value is -1.79. The van der Waals surface area contributed by atoms with Crippen LogP contribution in [0.15, 0.2) is 56.9 Å². The van der Waals surface area contributed by atoms with Crippen LogP contribution in [0.3, 0.4) is 0 Å². The third kappa shape index (κ3) is 292. The molecule has 0 aliphatic heterocycles. The first-order valence-corrected chi connectivity index (χ1v) is 3.05. The smallest absolute Gasteiger partial charge is 0.240 e. The summed E-state index contributed by atoms with van der Waals surface area (Å²) in [4.78, 5) is 9.47. The van der Waals surface area contributed by atoms with Crippen molar-refractivity contribution in [1.29, 1.82) is 0 Å². The highest BCUT2D eigenvalue weighted by Gasteiger charge is 1.69. The maximum Gasteiger partial charge on any atom is 0.240 e. The van der Waals surface area contributed by atoms with E-state index < -0.39 is 5.91 Å². The molecule has 0 heterocycles. The molecule has 0 aliphatic rings. The summed E-state index contributed by atoms with van der Waals surface area (Å²) >= 11 is 0. The molecule has 0 unspecified atom stereocenters. The van der Waals surface area contributed by atoms with Crippen molar-refractivity contribution in [3.8, 4) is 0 Å². The Balaban J connectivity index is -0.000000105. The Bertz CT molecular complexity index is 168. The molecular formula is C10H15NO. The lowest BCUT2D eigenvalue weighted by Crippen LogP contribution is -2.04. The van der Waals surface area contributed by atoms with Crippen molar-refractivity contribution in [1.82, 2.24) is 0 Å². The summed E-state index contributed by atoms with van der Waals surface area (Å²) in [5, 5.41) is 0. The van der Waals surface area contributed by atoms with E-state index in [0.29, 0.717) is 0 Å². The van der Waals surface area contributed by atoms with Gasteiger partial charge in [0.15, 0.2) is 0 Å². The number of rotatable bonds is 2. The largest absolute Gasteiger partial charge is 0.366 e. The van der Waals surface area contributed by atoms with E-state index in [9.17, 15) is 4.79 Å². The molecule has 0 fully saturated rings. The molecular weight excluding hydrogens is 150 g/mol. The van der Waals surface area contributed by atoms with Gasteiger partial charge >= 0.3 is 0 Å². The molecule has 0 radical (unpaired) electrons. The van der Waals surface area contributed by atoms with E-state index >= 15 is 0 Å². The summed E-state index contributed by atoms with van der Waals surface area (Å²) in [6.07, 6.45) is 4.33. The molecule has 0 aromatic carbocycles. The Labute approximate surface area is 74.1 Å². The van der Waals surface area contributed by atoms with E-state index in [0.717, 1.165) is 6.08 Å². The van der Waals surface area contributed by atoms with Crippen LogP contribution in [-0.2, 0) is 4.79 Å². The summed E-state index contributed by atoms with van der Waals surface area (Å²) < 4.78 is 0. The molecule has 2 heteroatoms. The quantitative estimate of drug-likeness (QED) is 0.379. The van der Waals surface area contributed by atoms with E-state index in [2.05, 4.69) is 44.4 Å². The Morgan fingerprint density at radius 1 is 1.17 bits per heavy atom. The number of nitrogens with two attached hydrogens (primary N) is 1. The highest BCUT2D eigenvalue weighted by molar-refractivity contribution is 5.84. The maximum absolute atomic E-state index is 9.47.